The number of benzene rings is 1. The van der Waals surface area contributed by atoms with E-state index < -0.39 is 0 Å². The molecule has 2 saturated heterocycles. The highest BCUT2D eigenvalue weighted by atomic mass is 127. The lowest BCUT2D eigenvalue weighted by atomic mass is 10.2. The summed E-state index contributed by atoms with van der Waals surface area (Å²) in [7, 11) is 1.83. The second-order valence-corrected chi connectivity index (χ2v) is 7.72. The van der Waals surface area contributed by atoms with Gasteiger partial charge < -0.3 is 19.5 Å². The molecule has 10 heteroatoms. The molecule has 1 atom stereocenters. The molecule has 0 amide bonds. The third kappa shape index (κ3) is 5.83. The SMILES string of the molecule is CN=C(NCCc1nc(-c2cccc(Cl)c2)no1)N1CCC(N2CCOCC2)C1.I. The quantitative estimate of drug-likeness (QED) is 0.351. The predicted octanol–water partition coefficient (Wildman–Crippen LogP) is 2.53. The van der Waals surface area contributed by atoms with Crippen molar-refractivity contribution in [3.05, 3.63) is 35.2 Å². The van der Waals surface area contributed by atoms with Gasteiger partial charge in [0.15, 0.2) is 5.96 Å². The minimum absolute atomic E-state index is 0. The molecule has 0 radical (unpaired) electrons. The van der Waals surface area contributed by atoms with E-state index in [0.29, 0.717) is 35.7 Å². The first-order valence-electron chi connectivity index (χ1n) is 10.1. The van der Waals surface area contributed by atoms with Crippen LogP contribution in [0, 0.1) is 0 Å². The highest BCUT2D eigenvalue weighted by Gasteiger charge is 2.30. The number of likely N-dealkylation sites (tertiary alicyclic amines) is 1. The molecule has 8 nitrogen and oxygen atoms in total. The van der Waals surface area contributed by atoms with E-state index in [1.807, 2.05) is 31.3 Å². The average Bonchev–Trinajstić information content (AvgIpc) is 3.42. The van der Waals surface area contributed by atoms with E-state index in [1.54, 1.807) is 0 Å². The van der Waals surface area contributed by atoms with Crippen LogP contribution in [0.15, 0.2) is 33.8 Å². The fourth-order valence-corrected chi connectivity index (χ4v) is 4.08. The summed E-state index contributed by atoms with van der Waals surface area (Å²) in [6, 6.07) is 8.02. The molecular weight excluding hydrogens is 519 g/mol. The third-order valence-electron chi connectivity index (χ3n) is 5.41. The van der Waals surface area contributed by atoms with E-state index in [4.69, 9.17) is 20.9 Å². The molecule has 164 valence electrons. The summed E-state index contributed by atoms with van der Waals surface area (Å²) < 4.78 is 10.8. The van der Waals surface area contributed by atoms with Gasteiger partial charge in [-0.1, -0.05) is 28.9 Å². The fourth-order valence-electron chi connectivity index (χ4n) is 3.89. The topological polar surface area (TPSA) is 79.0 Å². The van der Waals surface area contributed by atoms with Crippen molar-refractivity contribution in [3.63, 3.8) is 0 Å². The second-order valence-electron chi connectivity index (χ2n) is 7.28. The molecule has 2 aliphatic rings. The van der Waals surface area contributed by atoms with Gasteiger partial charge >= 0.3 is 0 Å². The van der Waals surface area contributed by atoms with Crippen molar-refractivity contribution in [2.24, 2.45) is 4.99 Å². The first kappa shape index (κ1) is 23.2. The molecule has 4 rings (SSSR count). The Morgan fingerprint density at radius 1 is 1.30 bits per heavy atom. The molecule has 0 bridgehead atoms. The summed E-state index contributed by atoms with van der Waals surface area (Å²) in [6.07, 6.45) is 1.79. The molecule has 1 aromatic heterocycles. The Hall–Kier alpha value is -1.43. The summed E-state index contributed by atoms with van der Waals surface area (Å²) in [5, 5.41) is 8.13. The minimum atomic E-state index is 0. The number of guanidine groups is 1. The zero-order valence-corrected chi connectivity index (χ0v) is 20.2. The molecule has 0 aliphatic carbocycles. The Morgan fingerprint density at radius 3 is 2.90 bits per heavy atom. The van der Waals surface area contributed by atoms with Gasteiger partial charge in [-0.2, -0.15) is 4.98 Å². The fraction of sp³-hybridized carbons (Fsp3) is 0.550. The van der Waals surface area contributed by atoms with Crippen molar-refractivity contribution in [2.45, 2.75) is 18.9 Å². The Balaban J connectivity index is 0.00000256. The van der Waals surface area contributed by atoms with Gasteiger partial charge in [0.2, 0.25) is 11.7 Å². The first-order chi connectivity index (χ1) is 14.2. The monoisotopic (exact) mass is 546 g/mol. The van der Waals surface area contributed by atoms with E-state index in [2.05, 4.69) is 30.2 Å². The number of nitrogens with zero attached hydrogens (tertiary/aromatic N) is 5. The van der Waals surface area contributed by atoms with Crippen LogP contribution in [-0.2, 0) is 11.2 Å². The van der Waals surface area contributed by atoms with Crippen LogP contribution in [0.2, 0.25) is 5.02 Å². The lowest BCUT2D eigenvalue weighted by Gasteiger charge is -2.32. The summed E-state index contributed by atoms with van der Waals surface area (Å²) in [6.45, 7) is 6.42. The van der Waals surface area contributed by atoms with Crippen LogP contribution in [0.3, 0.4) is 0 Å². The Bertz CT molecular complexity index is 842. The van der Waals surface area contributed by atoms with Crippen LogP contribution in [0.25, 0.3) is 11.4 Å². The number of hydrogen-bond donors (Lipinski definition) is 1. The normalized spacial score (nSPS) is 20.3. The van der Waals surface area contributed by atoms with E-state index >= 15 is 0 Å². The van der Waals surface area contributed by atoms with Gasteiger partial charge in [0.1, 0.15) is 0 Å². The van der Waals surface area contributed by atoms with Crippen LogP contribution in [0.4, 0.5) is 0 Å². The zero-order valence-electron chi connectivity index (χ0n) is 17.1. The summed E-state index contributed by atoms with van der Waals surface area (Å²) >= 11 is 6.03. The smallest absolute Gasteiger partial charge is 0.228 e. The van der Waals surface area contributed by atoms with Gasteiger partial charge in [0.05, 0.1) is 13.2 Å². The van der Waals surface area contributed by atoms with Crippen molar-refractivity contribution in [1.82, 2.24) is 25.3 Å². The van der Waals surface area contributed by atoms with Crippen LogP contribution in [0.5, 0.6) is 0 Å². The van der Waals surface area contributed by atoms with E-state index in [0.717, 1.165) is 57.3 Å². The van der Waals surface area contributed by atoms with E-state index in [9.17, 15) is 0 Å². The maximum absolute atomic E-state index is 6.03. The van der Waals surface area contributed by atoms with Gasteiger partial charge in [-0.3, -0.25) is 9.89 Å². The van der Waals surface area contributed by atoms with Crippen LogP contribution < -0.4 is 5.32 Å². The maximum Gasteiger partial charge on any atom is 0.228 e. The highest BCUT2D eigenvalue weighted by Crippen LogP contribution is 2.20. The Morgan fingerprint density at radius 2 is 2.13 bits per heavy atom. The number of ether oxygens (including phenoxy) is 1. The standard InChI is InChI=1S/C20H27ClN6O2.HI/c1-22-20(27-8-6-17(14-27)26-9-11-28-12-10-26)23-7-5-18-24-19(25-29-18)15-3-2-4-16(21)13-15;/h2-4,13,17H,5-12,14H2,1H3,(H,22,23);1H. The third-order valence-corrected chi connectivity index (χ3v) is 5.64. The Kier molecular flexibility index (Phi) is 8.72. The molecular formula is C20H28ClIN6O2. The van der Waals surface area contributed by atoms with Crippen molar-refractivity contribution in [2.75, 3.05) is 53.0 Å². The molecule has 1 unspecified atom stereocenters. The highest BCUT2D eigenvalue weighted by molar-refractivity contribution is 14.0. The number of hydrogen-bond acceptors (Lipinski definition) is 6. The molecule has 0 spiro atoms. The molecule has 1 N–H and O–H groups in total. The summed E-state index contributed by atoms with van der Waals surface area (Å²) in [5.41, 5.74) is 0.850. The van der Waals surface area contributed by atoms with Gasteiger partial charge in [-0.25, -0.2) is 0 Å². The van der Waals surface area contributed by atoms with Crippen molar-refractivity contribution in [1.29, 1.82) is 0 Å². The van der Waals surface area contributed by atoms with E-state index in [-0.39, 0.29) is 24.0 Å². The van der Waals surface area contributed by atoms with Gasteiger partial charge in [-0.05, 0) is 18.6 Å². The second kappa shape index (κ2) is 11.3. The van der Waals surface area contributed by atoms with Gasteiger partial charge in [0, 0.05) is 62.8 Å². The maximum atomic E-state index is 6.03. The summed E-state index contributed by atoms with van der Waals surface area (Å²) in [5.74, 6) is 2.07. The molecule has 2 aromatic rings. The number of halogens is 2. The molecule has 2 aliphatic heterocycles. The van der Waals surface area contributed by atoms with Crippen LogP contribution in [0.1, 0.15) is 12.3 Å². The molecule has 3 heterocycles. The number of aliphatic imine (C=N–C) groups is 1. The average molecular weight is 547 g/mol. The van der Waals surface area contributed by atoms with Crippen LogP contribution >= 0.6 is 35.6 Å². The predicted molar refractivity (Wildman–Crippen MR) is 128 cm³/mol. The minimum Gasteiger partial charge on any atom is -0.379 e. The van der Waals surface area contributed by atoms with Crippen molar-refractivity contribution >= 4 is 41.5 Å². The number of morpholine rings is 1. The number of rotatable bonds is 5. The van der Waals surface area contributed by atoms with E-state index in [1.165, 1.54) is 0 Å². The lowest BCUT2D eigenvalue weighted by Crippen LogP contribution is -2.46. The van der Waals surface area contributed by atoms with Gasteiger partial charge in [0.25, 0.3) is 0 Å². The van der Waals surface area contributed by atoms with Crippen LogP contribution in [-0.4, -0.2) is 84.9 Å². The zero-order chi connectivity index (χ0) is 20.1. The number of aromatic nitrogens is 2. The summed E-state index contributed by atoms with van der Waals surface area (Å²) in [4.78, 5) is 13.8. The molecule has 1 aromatic carbocycles. The largest absolute Gasteiger partial charge is 0.379 e. The molecule has 30 heavy (non-hydrogen) atoms. The van der Waals surface area contributed by atoms with Crippen molar-refractivity contribution in [3.8, 4) is 11.4 Å². The first-order valence-corrected chi connectivity index (χ1v) is 10.5. The van der Waals surface area contributed by atoms with Gasteiger partial charge in [-0.15, -0.1) is 24.0 Å². The molecule has 0 saturated carbocycles. The lowest BCUT2D eigenvalue weighted by molar-refractivity contribution is 0.0195. The molecule has 2 fully saturated rings. The number of nitrogens with one attached hydrogen (secondary N) is 1. The van der Waals surface area contributed by atoms with Crippen molar-refractivity contribution < 1.29 is 9.26 Å². The Labute approximate surface area is 199 Å².